The Morgan fingerprint density at radius 3 is 1.68 bits per heavy atom. The largest absolute Gasteiger partial charge is 0.253 e. The van der Waals surface area contributed by atoms with E-state index in [1.54, 1.807) is 12.4 Å². The van der Waals surface area contributed by atoms with E-state index >= 15 is 0 Å². The highest BCUT2D eigenvalue weighted by molar-refractivity contribution is 6.13. The fourth-order valence-corrected chi connectivity index (χ4v) is 7.20. The SMILES string of the molecule is c1cc(-c2ccc3nccnc3c2)cc(-c2ccc3ccc4ccc(-c5ccc(-c6cc7ccccc7c7ccccc67)cc5)nc4c3n2)c1. The maximum absolute atomic E-state index is 5.22. The van der Waals surface area contributed by atoms with E-state index in [0.29, 0.717) is 0 Å². The number of nitrogens with zero attached hydrogens (tertiary/aromatic N) is 4. The molecular weight excluding hydrogens is 609 g/mol. The van der Waals surface area contributed by atoms with E-state index in [0.717, 1.165) is 66.5 Å². The summed E-state index contributed by atoms with van der Waals surface area (Å²) in [7, 11) is 0. The normalized spacial score (nSPS) is 11.6. The maximum atomic E-state index is 5.22. The van der Waals surface area contributed by atoms with Gasteiger partial charge in [-0.1, -0.05) is 121 Å². The van der Waals surface area contributed by atoms with E-state index in [-0.39, 0.29) is 0 Å². The van der Waals surface area contributed by atoms with Crippen molar-refractivity contribution in [2.24, 2.45) is 0 Å². The smallest absolute Gasteiger partial charge is 0.0972 e. The van der Waals surface area contributed by atoms with Crippen LogP contribution in [0.5, 0.6) is 0 Å². The fourth-order valence-electron chi connectivity index (χ4n) is 7.20. The van der Waals surface area contributed by atoms with Gasteiger partial charge in [-0.25, -0.2) is 9.97 Å². The molecule has 10 rings (SSSR count). The number of rotatable bonds is 4. The van der Waals surface area contributed by atoms with Crippen LogP contribution in [-0.2, 0) is 0 Å². The van der Waals surface area contributed by atoms with Crippen molar-refractivity contribution in [1.82, 2.24) is 19.9 Å². The zero-order valence-corrected chi connectivity index (χ0v) is 27.0. The minimum absolute atomic E-state index is 0.879. The van der Waals surface area contributed by atoms with Crippen molar-refractivity contribution in [2.45, 2.75) is 0 Å². The first kappa shape index (κ1) is 28.3. The van der Waals surface area contributed by atoms with Gasteiger partial charge < -0.3 is 0 Å². The molecule has 0 spiro atoms. The van der Waals surface area contributed by atoms with Crippen LogP contribution in [0.4, 0.5) is 0 Å². The van der Waals surface area contributed by atoms with Gasteiger partial charge in [0.05, 0.1) is 33.5 Å². The van der Waals surface area contributed by atoms with E-state index < -0.39 is 0 Å². The molecule has 7 aromatic carbocycles. The van der Waals surface area contributed by atoms with Gasteiger partial charge in [0.2, 0.25) is 0 Å². The van der Waals surface area contributed by atoms with Crippen LogP contribution in [-0.4, -0.2) is 19.9 Å². The molecule has 0 saturated heterocycles. The second-order valence-electron chi connectivity index (χ2n) is 12.7. The first-order valence-corrected chi connectivity index (χ1v) is 16.8. The summed E-state index contributed by atoms with van der Waals surface area (Å²) in [5.74, 6) is 0. The third-order valence-corrected chi connectivity index (χ3v) is 9.74. The van der Waals surface area contributed by atoms with E-state index in [2.05, 4.69) is 162 Å². The average molecular weight is 637 g/mol. The highest BCUT2D eigenvalue weighted by Crippen LogP contribution is 2.36. The molecular formula is C46H28N4. The molecule has 4 heteroatoms. The molecule has 232 valence electrons. The lowest BCUT2D eigenvalue weighted by Crippen LogP contribution is -1.91. The van der Waals surface area contributed by atoms with Crippen LogP contribution in [0.15, 0.2) is 170 Å². The number of pyridine rings is 2. The lowest BCUT2D eigenvalue weighted by molar-refractivity contribution is 1.29. The number of benzene rings is 7. The predicted molar refractivity (Wildman–Crippen MR) is 207 cm³/mol. The predicted octanol–water partition coefficient (Wildman–Crippen LogP) is 11.7. The van der Waals surface area contributed by atoms with Gasteiger partial charge in [0, 0.05) is 34.3 Å². The number of hydrogen-bond acceptors (Lipinski definition) is 4. The van der Waals surface area contributed by atoms with Crippen molar-refractivity contribution in [3.63, 3.8) is 0 Å². The summed E-state index contributed by atoms with van der Waals surface area (Å²) in [6.45, 7) is 0. The summed E-state index contributed by atoms with van der Waals surface area (Å²) in [4.78, 5) is 19.4. The zero-order valence-electron chi connectivity index (χ0n) is 27.0. The molecule has 10 aromatic rings. The van der Waals surface area contributed by atoms with Crippen LogP contribution < -0.4 is 0 Å². The summed E-state index contributed by atoms with van der Waals surface area (Å²) in [6, 6.07) is 55.9. The summed E-state index contributed by atoms with van der Waals surface area (Å²) in [6.07, 6.45) is 3.45. The van der Waals surface area contributed by atoms with E-state index in [1.807, 2.05) is 6.07 Å². The maximum Gasteiger partial charge on any atom is 0.0972 e. The van der Waals surface area contributed by atoms with Crippen molar-refractivity contribution >= 4 is 54.4 Å². The molecule has 0 amide bonds. The van der Waals surface area contributed by atoms with Crippen LogP contribution in [0, 0.1) is 0 Å². The molecule has 3 heterocycles. The van der Waals surface area contributed by atoms with Crippen LogP contribution in [0.3, 0.4) is 0 Å². The molecule has 0 unspecified atom stereocenters. The van der Waals surface area contributed by atoms with Crippen LogP contribution in [0.1, 0.15) is 0 Å². The number of aromatic nitrogens is 4. The Morgan fingerprint density at radius 2 is 0.900 bits per heavy atom. The lowest BCUT2D eigenvalue weighted by Gasteiger charge is -2.12. The summed E-state index contributed by atoms with van der Waals surface area (Å²) >= 11 is 0. The van der Waals surface area contributed by atoms with Crippen molar-refractivity contribution < 1.29 is 0 Å². The Kier molecular flexibility index (Phi) is 6.46. The molecule has 0 bridgehead atoms. The van der Waals surface area contributed by atoms with Gasteiger partial charge in [0.1, 0.15) is 0 Å². The van der Waals surface area contributed by atoms with E-state index in [9.17, 15) is 0 Å². The molecule has 0 saturated carbocycles. The van der Waals surface area contributed by atoms with Crippen molar-refractivity contribution in [3.05, 3.63) is 170 Å². The monoisotopic (exact) mass is 636 g/mol. The number of hydrogen-bond donors (Lipinski definition) is 0. The summed E-state index contributed by atoms with van der Waals surface area (Å²) in [5, 5.41) is 7.18. The molecule has 0 aliphatic carbocycles. The van der Waals surface area contributed by atoms with Gasteiger partial charge in [-0.3, -0.25) is 9.97 Å². The van der Waals surface area contributed by atoms with Gasteiger partial charge >= 0.3 is 0 Å². The third kappa shape index (κ3) is 4.77. The van der Waals surface area contributed by atoms with Gasteiger partial charge in [-0.15, -0.1) is 0 Å². The lowest BCUT2D eigenvalue weighted by atomic mass is 9.93. The van der Waals surface area contributed by atoms with Crippen LogP contribution in [0.25, 0.3) is 99.2 Å². The molecule has 0 fully saturated rings. The van der Waals surface area contributed by atoms with Crippen molar-refractivity contribution in [2.75, 3.05) is 0 Å². The topological polar surface area (TPSA) is 51.6 Å². The zero-order chi connectivity index (χ0) is 33.0. The van der Waals surface area contributed by atoms with Gasteiger partial charge in [-0.2, -0.15) is 0 Å². The Morgan fingerprint density at radius 1 is 0.320 bits per heavy atom. The van der Waals surface area contributed by atoms with Crippen molar-refractivity contribution in [3.8, 4) is 44.8 Å². The molecule has 0 aliphatic heterocycles. The minimum atomic E-state index is 0.879. The Labute approximate surface area is 288 Å². The molecule has 0 radical (unpaired) electrons. The second kappa shape index (κ2) is 11.4. The Bertz CT molecular complexity index is 2930. The minimum Gasteiger partial charge on any atom is -0.253 e. The van der Waals surface area contributed by atoms with Crippen molar-refractivity contribution in [1.29, 1.82) is 0 Å². The molecule has 3 aromatic heterocycles. The van der Waals surface area contributed by atoms with Gasteiger partial charge in [-0.05, 0) is 80.2 Å². The van der Waals surface area contributed by atoms with E-state index in [1.165, 1.54) is 32.7 Å². The highest BCUT2D eigenvalue weighted by Gasteiger charge is 2.12. The Balaban J connectivity index is 1.03. The first-order chi connectivity index (χ1) is 24.7. The molecule has 0 atom stereocenters. The first-order valence-electron chi connectivity index (χ1n) is 16.8. The second-order valence-corrected chi connectivity index (χ2v) is 12.7. The average Bonchev–Trinajstić information content (AvgIpc) is 3.20. The quantitative estimate of drug-likeness (QED) is 0.180. The summed E-state index contributed by atoms with van der Waals surface area (Å²) < 4.78 is 0. The Hall–Kier alpha value is -6.78. The molecule has 0 aliphatic rings. The van der Waals surface area contributed by atoms with E-state index in [4.69, 9.17) is 9.97 Å². The number of fused-ring (bicyclic) bond motifs is 7. The molecule has 50 heavy (non-hydrogen) atoms. The van der Waals surface area contributed by atoms with Crippen LogP contribution >= 0.6 is 0 Å². The molecule has 0 N–H and O–H groups in total. The van der Waals surface area contributed by atoms with Crippen LogP contribution in [0.2, 0.25) is 0 Å². The summed E-state index contributed by atoms with van der Waals surface area (Å²) in [5.41, 5.74) is 12.1. The molecule has 4 nitrogen and oxygen atoms in total. The van der Waals surface area contributed by atoms with Gasteiger partial charge in [0.15, 0.2) is 0 Å². The third-order valence-electron chi connectivity index (χ3n) is 9.74. The van der Waals surface area contributed by atoms with Gasteiger partial charge in [0.25, 0.3) is 0 Å². The standard InChI is InChI=1S/C46H28N4/c1-2-9-37-35(6-1)27-40(39-11-4-3-10-38(37)39)29-12-14-30(15-13-29)41-21-18-31-16-17-32-19-22-42(50-46(32)45(31)49-41)36-8-5-7-33(26-36)34-20-23-43-44(28-34)48-25-24-47-43/h1-28H. The fraction of sp³-hybridized carbons (Fsp3) is 0. The highest BCUT2D eigenvalue weighted by atomic mass is 14.8.